The van der Waals surface area contributed by atoms with Crippen molar-refractivity contribution in [2.75, 3.05) is 5.32 Å². The molecule has 0 bridgehead atoms. The molecule has 0 saturated heterocycles. The number of hydrogen-bond donors (Lipinski definition) is 3. The topological polar surface area (TPSA) is 86.9 Å². The average molecular weight is 439 g/mol. The average Bonchev–Trinajstić information content (AvgIpc) is 3.29. The number of amides is 2. The van der Waals surface area contributed by atoms with Crippen molar-refractivity contribution < 1.29 is 9.59 Å². The Hall–Kier alpha value is -3.16. The number of aryl methyl sites for hydroxylation is 1. The summed E-state index contributed by atoms with van der Waals surface area (Å²) in [6.07, 6.45) is 0.259. The third-order valence-corrected chi connectivity index (χ3v) is 5.84. The predicted molar refractivity (Wildman–Crippen MR) is 120 cm³/mol. The number of H-pyrrole nitrogens is 1. The van der Waals surface area contributed by atoms with Crippen LogP contribution in [0, 0.1) is 6.92 Å². The summed E-state index contributed by atoms with van der Waals surface area (Å²) in [5.41, 5.74) is 3.00. The third-order valence-electron chi connectivity index (χ3n) is 4.55. The van der Waals surface area contributed by atoms with E-state index in [1.807, 2.05) is 43.3 Å². The van der Waals surface area contributed by atoms with Crippen molar-refractivity contribution in [1.82, 2.24) is 15.5 Å². The molecule has 2 aromatic heterocycles. The number of hydrogen-bond acceptors (Lipinski definition) is 4. The Bertz CT molecular complexity index is 1210. The number of benzene rings is 2. The van der Waals surface area contributed by atoms with Crippen LogP contribution in [-0.2, 0) is 17.8 Å². The van der Waals surface area contributed by atoms with Gasteiger partial charge in [-0.05, 0) is 36.2 Å². The van der Waals surface area contributed by atoms with Gasteiger partial charge in [0.2, 0.25) is 5.91 Å². The van der Waals surface area contributed by atoms with E-state index in [2.05, 4.69) is 20.8 Å². The standard InChI is InChI=1S/C22H19ClN4O2S/c1-13-3-2-4-15(9-13)10-19(28)25-20-17-11-18(30-22(17)27-26-20)21(29)24-12-14-5-7-16(23)8-6-14/h2-9,11H,10,12H2,1H3,(H,24,29)(H2,25,26,27,28). The van der Waals surface area contributed by atoms with Crippen LogP contribution in [0.5, 0.6) is 0 Å². The van der Waals surface area contributed by atoms with Crippen molar-refractivity contribution in [2.24, 2.45) is 0 Å². The fraction of sp³-hybridized carbons (Fsp3) is 0.136. The molecule has 152 valence electrons. The molecule has 0 fully saturated rings. The van der Waals surface area contributed by atoms with E-state index in [1.54, 1.807) is 18.2 Å². The van der Waals surface area contributed by atoms with Crippen LogP contribution >= 0.6 is 22.9 Å². The predicted octanol–water partition coefficient (Wildman–Crippen LogP) is 4.70. The summed E-state index contributed by atoms with van der Waals surface area (Å²) >= 11 is 7.18. The molecule has 0 aliphatic carbocycles. The highest BCUT2D eigenvalue weighted by molar-refractivity contribution is 7.20. The summed E-state index contributed by atoms with van der Waals surface area (Å²) in [6, 6.07) is 16.9. The largest absolute Gasteiger partial charge is 0.347 e. The number of thiophene rings is 1. The fourth-order valence-corrected chi connectivity index (χ4v) is 4.12. The second-order valence-corrected chi connectivity index (χ2v) is 8.44. The van der Waals surface area contributed by atoms with E-state index < -0.39 is 0 Å². The minimum Gasteiger partial charge on any atom is -0.347 e. The second kappa shape index (κ2) is 8.69. The van der Waals surface area contributed by atoms with Gasteiger partial charge >= 0.3 is 0 Å². The summed E-state index contributed by atoms with van der Waals surface area (Å²) in [4.78, 5) is 26.2. The Morgan fingerprint density at radius 3 is 2.67 bits per heavy atom. The monoisotopic (exact) mass is 438 g/mol. The first-order valence-corrected chi connectivity index (χ1v) is 10.5. The number of halogens is 1. The van der Waals surface area contributed by atoms with Crippen molar-refractivity contribution in [1.29, 1.82) is 0 Å². The molecule has 4 rings (SSSR count). The van der Waals surface area contributed by atoms with E-state index in [0.717, 1.165) is 21.5 Å². The van der Waals surface area contributed by atoms with Crippen molar-refractivity contribution in [2.45, 2.75) is 19.9 Å². The molecule has 8 heteroatoms. The van der Waals surface area contributed by atoms with Gasteiger partial charge in [-0.15, -0.1) is 11.3 Å². The van der Waals surface area contributed by atoms with Gasteiger partial charge in [0.05, 0.1) is 16.7 Å². The van der Waals surface area contributed by atoms with Gasteiger partial charge in [-0.25, -0.2) is 0 Å². The van der Waals surface area contributed by atoms with Gasteiger partial charge in [0.15, 0.2) is 5.82 Å². The first kappa shape index (κ1) is 20.1. The van der Waals surface area contributed by atoms with Crippen molar-refractivity contribution in [3.05, 3.63) is 81.2 Å². The zero-order valence-corrected chi connectivity index (χ0v) is 17.7. The summed E-state index contributed by atoms with van der Waals surface area (Å²) in [5, 5.41) is 14.1. The molecule has 0 radical (unpaired) electrons. The number of aromatic nitrogens is 2. The first-order chi connectivity index (χ1) is 14.5. The first-order valence-electron chi connectivity index (χ1n) is 9.34. The highest BCUT2D eigenvalue weighted by Gasteiger charge is 2.16. The molecule has 0 spiro atoms. The summed E-state index contributed by atoms with van der Waals surface area (Å²) in [5.74, 6) is 0.0844. The van der Waals surface area contributed by atoms with Crippen LogP contribution < -0.4 is 10.6 Å². The van der Waals surface area contributed by atoms with Crippen molar-refractivity contribution >= 4 is 50.8 Å². The molecule has 0 unspecified atom stereocenters. The lowest BCUT2D eigenvalue weighted by molar-refractivity contribution is -0.115. The van der Waals surface area contributed by atoms with Crippen molar-refractivity contribution in [3.63, 3.8) is 0 Å². The molecule has 2 aromatic carbocycles. The van der Waals surface area contributed by atoms with Crippen LogP contribution in [0.2, 0.25) is 5.02 Å². The molecular weight excluding hydrogens is 420 g/mol. The van der Waals surface area contributed by atoms with Crippen LogP contribution in [0.1, 0.15) is 26.4 Å². The number of nitrogens with zero attached hydrogens (tertiary/aromatic N) is 1. The normalized spacial score (nSPS) is 10.9. The van der Waals surface area contributed by atoms with E-state index in [1.165, 1.54) is 11.3 Å². The van der Waals surface area contributed by atoms with E-state index in [-0.39, 0.29) is 18.2 Å². The van der Waals surface area contributed by atoms with Crippen LogP contribution in [0.3, 0.4) is 0 Å². The highest BCUT2D eigenvalue weighted by atomic mass is 35.5. The number of rotatable bonds is 6. The number of fused-ring (bicyclic) bond motifs is 1. The maximum atomic E-state index is 12.5. The van der Waals surface area contributed by atoms with Gasteiger partial charge in [-0.2, -0.15) is 5.10 Å². The number of nitrogens with one attached hydrogen (secondary N) is 3. The zero-order valence-electron chi connectivity index (χ0n) is 16.2. The molecule has 0 atom stereocenters. The molecule has 2 heterocycles. The summed E-state index contributed by atoms with van der Waals surface area (Å²) in [6.45, 7) is 2.39. The third kappa shape index (κ3) is 4.69. The summed E-state index contributed by atoms with van der Waals surface area (Å²) < 4.78 is 0. The quantitative estimate of drug-likeness (QED) is 0.408. The van der Waals surface area contributed by atoms with Gasteiger partial charge in [0.1, 0.15) is 4.83 Å². The minimum absolute atomic E-state index is 0.158. The number of aromatic amines is 1. The van der Waals surface area contributed by atoms with E-state index in [4.69, 9.17) is 11.6 Å². The smallest absolute Gasteiger partial charge is 0.261 e. The van der Waals surface area contributed by atoms with E-state index >= 15 is 0 Å². The Morgan fingerprint density at radius 1 is 1.10 bits per heavy atom. The molecule has 30 heavy (non-hydrogen) atoms. The number of carbonyl (C=O) groups is 2. The van der Waals surface area contributed by atoms with Crippen LogP contribution in [-0.4, -0.2) is 22.0 Å². The van der Waals surface area contributed by atoms with Gasteiger partial charge in [-0.1, -0.05) is 53.6 Å². The minimum atomic E-state index is -0.184. The molecule has 2 amide bonds. The van der Waals surface area contributed by atoms with Crippen LogP contribution in [0.15, 0.2) is 54.6 Å². The molecule has 4 aromatic rings. The molecule has 0 saturated carbocycles. The Kier molecular flexibility index (Phi) is 5.83. The lowest BCUT2D eigenvalue weighted by atomic mass is 10.1. The van der Waals surface area contributed by atoms with Crippen LogP contribution in [0.4, 0.5) is 5.82 Å². The SMILES string of the molecule is Cc1cccc(CC(=O)Nc2n[nH]c3sc(C(=O)NCc4ccc(Cl)cc4)cc23)c1. The lowest BCUT2D eigenvalue weighted by Gasteiger charge is -2.04. The Morgan fingerprint density at radius 2 is 1.90 bits per heavy atom. The fourth-order valence-electron chi connectivity index (χ4n) is 3.08. The van der Waals surface area contributed by atoms with Gasteiger partial charge < -0.3 is 10.6 Å². The molecule has 0 aliphatic rings. The highest BCUT2D eigenvalue weighted by Crippen LogP contribution is 2.29. The Balaban J connectivity index is 1.42. The van der Waals surface area contributed by atoms with Crippen molar-refractivity contribution in [3.8, 4) is 0 Å². The lowest BCUT2D eigenvalue weighted by Crippen LogP contribution is -2.21. The molecule has 6 nitrogen and oxygen atoms in total. The van der Waals surface area contributed by atoms with Gasteiger partial charge in [0.25, 0.3) is 5.91 Å². The number of anilines is 1. The van der Waals surface area contributed by atoms with E-state index in [9.17, 15) is 9.59 Å². The van der Waals surface area contributed by atoms with E-state index in [0.29, 0.717) is 27.6 Å². The van der Waals surface area contributed by atoms with Crippen LogP contribution in [0.25, 0.3) is 10.2 Å². The zero-order chi connectivity index (χ0) is 21.1. The Labute approximate surface area is 182 Å². The summed E-state index contributed by atoms with van der Waals surface area (Å²) in [7, 11) is 0. The molecule has 0 aliphatic heterocycles. The number of carbonyl (C=O) groups excluding carboxylic acids is 2. The molecule has 3 N–H and O–H groups in total. The molecular formula is C22H19ClN4O2S. The second-order valence-electron chi connectivity index (χ2n) is 6.95. The maximum Gasteiger partial charge on any atom is 0.261 e. The maximum absolute atomic E-state index is 12.5. The van der Waals surface area contributed by atoms with Gasteiger partial charge in [-0.3, -0.25) is 14.7 Å². The van der Waals surface area contributed by atoms with Gasteiger partial charge in [0, 0.05) is 11.6 Å².